The average molecular weight is 505 g/mol. The third-order valence-electron chi connectivity index (χ3n) is 7.10. The summed E-state index contributed by atoms with van der Waals surface area (Å²) in [6.07, 6.45) is 2.58. The molecule has 1 aromatic carbocycles. The number of benzene rings is 1. The molecule has 0 radical (unpaired) electrons. The Morgan fingerprint density at radius 2 is 1.86 bits per heavy atom. The molecular formula is C29H36N4O4. The highest BCUT2D eigenvalue weighted by Crippen LogP contribution is 2.40. The van der Waals surface area contributed by atoms with Crippen LogP contribution in [0.3, 0.4) is 0 Å². The molecule has 1 atom stereocenters. The van der Waals surface area contributed by atoms with Crippen molar-refractivity contribution in [3.63, 3.8) is 0 Å². The Morgan fingerprint density at radius 1 is 1.11 bits per heavy atom. The minimum atomic E-state index is -0.734. The second-order valence-corrected chi connectivity index (χ2v) is 9.31. The molecule has 1 unspecified atom stereocenters. The van der Waals surface area contributed by atoms with E-state index in [4.69, 9.17) is 4.74 Å². The number of likely N-dealkylation sites (tertiary alicyclic amines) is 1. The molecule has 0 bridgehead atoms. The summed E-state index contributed by atoms with van der Waals surface area (Å²) in [5, 5.41) is 11.6. The van der Waals surface area contributed by atoms with E-state index in [9.17, 15) is 14.7 Å². The van der Waals surface area contributed by atoms with E-state index in [1.54, 1.807) is 4.90 Å². The Balaban J connectivity index is 1.83. The smallest absolute Gasteiger partial charge is 0.295 e. The molecule has 3 aromatic rings. The van der Waals surface area contributed by atoms with Crippen LogP contribution in [0.25, 0.3) is 11.4 Å². The van der Waals surface area contributed by atoms with Crippen LogP contribution in [0.2, 0.25) is 0 Å². The zero-order valence-corrected chi connectivity index (χ0v) is 22.3. The van der Waals surface area contributed by atoms with Crippen molar-refractivity contribution < 1.29 is 19.4 Å². The van der Waals surface area contributed by atoms with E-state index in [2.05, 4.69) is 23.7 Å². The first-order valence-corrected chi connectivity index (χ1v) is 13.0. The number of pyridine rings is 1. The number of nitrogens with zero attached hydrogens (tertiary/aromatic N) is 4. The van der Waals surface area contributed by atoms with Crippen LogP contribution in [0, 0.1) is 13.8 Å². The Hall–Kier alpha value is -3.65. The molecule has 1 aliphatic rings. The molecule has 1 saturated heterocycles. The molecule has 4 rings (SSSR count). The molecule has 8 heteroatoms. The Kier molecular flexibility index (Phi) is 7.97. The van der Waals surface area contributed by atoms with Crippen LogP contribution in [-0.4, -0.2) is 68.8 Å². The summed E-state index contributed by atoms with van der Waals surface area (Å²) < 4.78 is 7.58. The molecule has 2 aromatic heterocycles. The largest absolute Gasteiger partial charge is 0.505 e. The maximum absolute atomic E-state index is 13.4. The molecule has 0 aliphatic carbocycles. The zero-order valence-electron chi connectivity index (χ0n) is 22.3. The normalized spacial score (nSPS) is 17.4. The molecule has 196 valence electrons. The SMILES string of the molecule is CCOc1cccc(C2C(=C(O)c3nc4c(C)cccn4c3C)C(=O)C(=O)N2CCCN(CC)CC)c1. The maximum atomic E-state index is 13.4. The number of Topliss-reactive ketones (excluding diaryl/α,β-unsaturated/α-hetero) is 1. The third kappa shape index (κ3) is 4.98. The lowest BCUT2D eigenvalue weighted by atomic mass is 9.96. The monoisotopic (exact) mass is 504 g/mol. The Labute approximate surface area is 218 Å². The van der Waals surface area contributed by atoms with Crippen LogP contribution in [0.5, 0.6) is 5.75 Å². The highest BCUT2D eigenvalue weighted by atomic mass is 16.5. The van der Waals surface area contributed by atoms with Gasteiger partial charge in [-0.05, 0) is 76.2 Å². The topological polar surface area (TPSA) is 87.4 Å². The lowest BCUT2D eigenvalue weighted by Crippen LogP contribution is -2.33. The number of ketones is 1. The number of fused-ring (bicyclic) bond motifs is 1. The number of carbonyl (C=O) groups excluding carboxylic acids is 2. The number of aromatic nitrogens is 2. The molecule has 37 heavy (non-hydrogen) atoms. The van der Waals surface area contributed by atoms with Crippen LogP contribution < -0.4 is 4.74 Å². The number of imidazole rings is 1. The summed E-state index contributed by atoms with van der Waals surface area (Å²) in [6.45, 7) is 13.4. The van der Waals surface area contributed by atoms with Crippen molar-refractivity contribution in [3.8, 4) is 5.75 Å². The number of rotatable bonds is 10. The lowest BCUT2D eigenvalue weighted by Gasteiger charge is -2.27. The van der Waals surface area contributed by atoms with Crippen LogP contribution in [0.15, 0.2) is 48.2 Å². The standard InChI is InChI=1S/C29H36N4O4/c1-6-31(7-2)15-11-17-33-25(21-13-9-14-22(18-21)37-8-3)23(27(35)29(33)36)26(34)24-20(5)32-16-10-12-19(4)28(32)30-24/h9-10,12-14,16,18,25,34H,6-8,11,15,17H2,1-5H3. The van der Waals surface area contributed by atoms with Gasteiger partial charge in [-0.15, -0.1) is 0 Å². The average Bonchev–Trinajstić information content (AvgIpc) is 3.37. The predicted octanol–water partition coefficient (Wildman–Crippen LogP) is 4.50. The first-order chi connectivity index (χ1) is 17.8. The van der Waals surface area contributed by atoms with E-state index in [-0.39, 0.29) is 11.3 Å². The van der Waals surface area contributed by atoms with Crippen LogP contribution in [0.4, 0.5) is 0 Å². The van der Waals surface area contributed by atoms with E-state index in [0.29, 0.717) is 47.9 Å². The first kappa shape index (κ1) is 26.4. The quantitative estimate of drug-likeness (QED) is 0.248. The zero-order chi connectivity index (χ0) is 26.7. The molecule has 1 aliphatic heterocycles. The van der Waals surface area contributed by atoms with Gasteiger partial charge in [-0.2, -0.15) is 0 Å². The van der Waals surface area contributed by atoms with E-state index < -0.39 is 17.7 Å². The summed E-state index contributed by atoms with van der Waals surface area (Å²) in [5.74, 6) is -0.906. The summed E-state index contributed by atoms with van der Waals surface area (Å²) in [4.78, 5) is 35.3. The summed E-state index contributed by atoms with van der Waals surface area (Å²) in [6, 6.07) is 10.5. The fourth-order valence-corrected chi connectivity index (χ4v) is 5.08. The number of hydrogen-bond donors (Lipinski definition) is 1. The van der Waals surface area contributed by atoms with Gasteiger partial charge in [0.15, 0.2) is 5.76 Å². The van der Waals surface area contributed by atoms with Gasteiger partial charge in [0, 0.05) is 12.7 Å². The van der Waals surface area contributed by atoms with Gasteiger partial charge >= 0.3 is 0 Å². The van der Waals surface area contributed by atoms with E-state index in [0.717, 1.165) is 25.2 Å². The Bertz CT molecular complexity index is 1340. The number of aliphatic hydroxyl groups is 1. The van der Waals surface area contributed by atoms with Crippen molar-refractivity contribution in [2.75, 3.05) is 32.8 Å². The molecule has 1 fully saturated rings. The fraction of sp³-hybridized carbons (Fsp3) is 0.414. The van der Waals surface area contributed by atoms with Gasteiger partial charge in [-0.25, -0.2) is 4.98 Å². The van der Waals surface area contributed by atoms with Gasteiger partial charge in [-0.1, -0.05) is 32.0 Å². The van der Waals surface area contributed by atoms with Gasteiger partial charge in [0.2, 0.25) is 0 Å². The minimum absolute atomic E-state index is 0.0608. The van der Waals surface area contributed by atoms with Gasteiger partial charge in [0.05, 0.1) is 23.9 Å². The summed E-state index contributed by atoms with van der Waals surface area (Å²) in [5.41, 5.74) is 3.43. The van der Waals surface area contributed by atoms with Crippen molar-refractivity contribution in [2.24, 2.45) is 0 Å². The van der Waals surface area contributed by atoms with Crippen molar-refractivity contribution >= 4 is 23.1 Å². The van der Waals surface area contributed by atoms with Crippen LogP contribution in [0.1, 0.15) is 55.7 Å². The van der Waals surface area contributed by atoms with Crippen molar-refractivity contribution in [1.29, 1.82) is 0 Å². The van der Waals surface area contributed by atoms with E-state index >= 15 is 0 Å². The van der Waals surface area contributed by atoms with Crippen LogP contribution >= 0.6 is 0 Å². The van der Waals surface area contributed by atoms with Gasteiger partial charge in [-0.3, -0.25) is 9.59 Å². The van der Waals surface area contributed by atoms with Crippen molar-refractivity contribution in [1.82, 2.24) is 19.2 Å². The highest BCUT2D eigenvalue weighted by Gasteiger charge is 2.46. The Morgan fingerprint density at radius 3 is 2.54 bits per heavy atom. The van der Waals surface area contributed by atoms with E-state index in [1.165, 1.54) is 0 Å². The number of amides is 1. The van der Waals surface area contributed by atoms with Crippen molar-refractivity contribution in [3.05, 3.63) is 70.7 Å². The lowest BCUT2D eigenvalue weighted by molar-refractivity contribution is -0.140. The van der Waals surface area contributed by atoms with Gasteiger partial charge in [0.25, 0.3) is 11.7 Å². The van der Waals surface area contributed by atoms with Crippen LogP contribution in [-0.2, 0) is 9.59 Å². The molecule has 3 heterocycles. The predicted molar refractivity (Wildman–Crippen MR) is 144 cm³/mol. The highest BCUT2D eigenvalue weighted by molar-refractivity contribution is 6.46. The minimum Gasteiger partial charge on any atom is -0.505 e. The fourth-order valence-electron chi connectivity index (χ4n) is 5.08. The second kappa shape index (κ2) is 11.2. The van der Waals surface area contributed by atoms with E-state index in [1.807, 2.05) is 67.8 Å². The third-order valence-corrected chi connectivity index (χ3v) is 7.10. The van der Waals surface area contributed by atoms with Crippen molar-refractivity contribution in [2.45, 2.75) is 47.1 Å². The number of ether oxygens (including phenoxy) is 1. The summed E-state index contributed by atoms with van der Waals surface area (Å²) in [7, 11) is 0. The molecule has 8 nitrogen and oxygen atoms in total. The van der Waals surface area contributed by atoms with Gasteiger partial charge < -0.3 is 24.0 Å². The number of aliphatic hydroxyl groups excluding tert-OH is 1. The molecule has 1 amide bonds. The number of aryl methyl sites for hydroxylation is 2. The maximum Gasteiger partial charge on any atom is 0.295 e. The molecule has 0 saturated carbocycles. The second-order valence-electron chi connectivity index (χ2n) is 9.31. The number of hydrogen-bond acceptors (Lipinski definition) is 6. The first-order valence-electron chi connectivity index (χ1n) is 13.0. The number of carbonyl (C=O) groups is 2. The molecule has 0 spiro atoms. The summed E-state index contributed by atoms with van der Waals surface area (Å²) >= 11 is 0. The molecular weight excluding hydrogens is 468 g/mol. The van der Waals surface area contributed by atoms with Gasteiger partial charge in [0.1, 0.15) is 17.1 Å². The molecule has 1 N–H and O–H groups in total.